The molecule has 1 aromatic carbocycles. The number of phenols is 1. The molecule has 8 heteroatoms. The first-order chi connectivity index (χ1) is 12.5. The lowest BCUT2D eigenvalue weighted by atomic mass is 10.1. The Morgan fingerprint density at radius 2 is 1.81 bits per heavy atom. The second-order valence-electron chi connectivity index (χ2n) is 8.05. The summed E-state index contributed by atoms with van der Waals surface area (Å²) < 4.78 is 41.2. The second-order valence-corrected chi connectivity index (χ2v) is 12.9. The fourth-order valence-electron chi connectivity index (χ4n) is 2.30. The summed E-state index contributed by atoms with van der Waals surface area (Å²) in [6.45, 7) is 11.8. The summed E-state index contributed by atoms with van der Waals surface area (Å²) in [5.41, 5.74) is 1.02. The van der Waals surface area contributed by atoms with Crippen molar-refractivity contribution < 1.29 is 23.1 Å². The van der Waals surface area contributed by atoms with E-state index in [1.54, 1.807) is 18.0 Å². The number of phenolic OH excluding ortho intramolecular Hbond substituents is 1. The van der Waals surface area contributed by atoms with Crippen molar-refractivity contribution >= 4 is 8.32 Å². The molecule has 0 saturated heterocycles. The lowest BCUT2D eigenvalue weighted by molar-refractivity contribution is 0.183. The monoisotopic (exact) mass is 398 g/mol. The topological polar surface area (TPSA) is 56.5 Å². The molecule has 0 aliphatic rings. The smallest absolute Gasteiger partial charge is 0.200 e. The molecule has 0 bridgehead atoms. The number of rotatable bonds is 7. The third-order valence-corrected chi connectivity index (χ3v) is 9.57. The molecule has 0 amide bonds. The largest absolute Gasteiger partial charge is 0.505 e. The molecule has 2 aromatic rings. The van der Waals surface area contributed by atoms with Gasteiger partial charge in [0.1, 0.15) is 0 Å². The first kappa shape index (κ1) is 21.5. The predicted molar refractivity (Wildman–Crippen MR) is 103 cm³/mol. The van der Waals surface area contributed by atoms with Gasteiger partial charge < -0.3 is 14.3 Å². The predicted octanol–water partition coefficient (Wildman–Crippen LogP) is 4.70. The van der Waals surface area contributed by atoms with Crippen molar-refractivity contribution in [3.8, 4) is 16.9 Å². The molecule has 0 unspecified atom stereocenters. The van der Waals surface area contributed by atoms with Crippen LogP contribution in [-0.4, -0.2) is 36.9 Å². The van der Waals surface area contributed by atoms with E-state index in [0.717, 1.165) is 6.07 Å². The van der Waals surface area contributed by atoms with Crippen molar-refractivity contribution in [3.05, 3.63) is 35.7 Å². The van der Waals surface area contributed by atoms with Gasteiger partial charge in [0.15, 0.2) is 19.9 Å². The maximum atomic E-state index is 14.4. The van der Waals surface area contributed by atoms with Crippen molar-refractivity contribution in [1.29, 1.82) is 0 Å². The first-order valence-corrected chi connectivity index (χ1v) is 11.8. The molecule has 0 atom stereocenters. The van der Waals surface area contributed by atoms with Crippen LogP contribution in [0.3, 0.4) is 0 Å². The average molecular weight is 399 g/mol. The molecule has 5 nitrogen and oxygen atoms in total. The number of nitrogens with zero attached hydrogens (tertiary/aromatic N) is 2. The number of aromatic nitrogens is 2. The lowest BCUT2D eigenvalue weighted by Gasteiger charge is -2.36. The Kier molecular flexibility index (Phi) is 6.44. The summed E-state index contributed by atoms with van der Waals surface area (Å²) in [5.74, 6) is -3.09. The molecule has 150 valence electrons. The first-order valence-electron chi connectivity index (χ1n) is 8.84. The van der Waals surface area contributed by atoms with Crippen LogP contribution < -0.4 is 0 Å². The van der Waals surface area contributed by atoms with Crippen molar-refractivity contribution in [2.45, 2.75) is 52.1 Å². The number of benzene rings is 1. The van der Waals surface area contributed by atoms with Crippen LogP contribution in [0.15, 0.2) is 18.3 Å². The van der Waals surface area contributed by atoms with Crippen LogP contribution in [0.4, 0.5) is 8.78 Å². The standard InChI is InChI=1S/C19H28F2N2O3Si/c1-19(2,3)27(5,6)26-12-15-14(11-23(22-15)9-10-25-4)13-7-8-16(24)18(21)17(13)20/h7-8,11,24H,9-10,12H2,1-6H3. The molecule has 1 heterocycles. The summed E-state index contributed by atoms with van der Waals surface area (Å²) >= 11 is 0. The van der Waals surface area contributed by atoms with Gasteiger partial charge in [-0.3, -0.25) is 4.68 Å². The van der Waals surface area contributed by atoms with E-state index in [2.05, 4.69) is 39.0 Å². The molecule has 0 aliphatic carbocycles. The van der Waals surface area contributed by atoms with Crippen molar-refractivity contribution in [2.75, 3.05) is 13.7 Å². The van der Waals surface area contributed by atoms with Gasteiger partial charge in [-0.25, -0.2) is 4.39 Å². The summed E-state index contributed by atoms with van der Waals surface area (Å²) in [6.07, 6.45) is 1.65. The number of aromatic hydroxyl groups is 1. The number of halogens is 2. The Balaban J connectivity index is 2.42. The quantitative estimate of drug-likeness (QED) is 0.687. The van der Waals surface area contributed by atoms with Gasteiger partial charge in [0.05, 0.1) is 25.5 Å². The van der Waals surface area contributed by atoms with Crippen LogP contribution >= 0.6 is 0 Å². The number of methoxy groups -OCH3 is 1. The molecular formula is C19H28F2N2O3Si. The summed E-state index contributed by atoms with van der Waals surface area (Å²) in [4.78, 5) is 0. The minimum absolute atomic E-state index is 0.0156. The number of ether oxygens (including phenoxy) is 1. The molecule has 0 aliphatic heterocycles. The Bertz CT molecular complexity index is 801. The van der Waals surface area contributed by atoms with Crippen LogP contribution in [0.25, 0.3) is 11.1 Å². The normalized spacial score (nSPS) is 12.6. The molecular weight excluding hydrogens is 370 g/mol. The summed E-state index contributed by atoms with van der Waals surface area (Å²) in [5, 5.41) is 13.9. The fourth-order valence-corrected chi connectivity index (χ4v) is 3.24. The average Bonchev–Trinajstić information content (AvgIpc) is 2.98. The zero-order chi connectivity index (χ0) is 20.4. The number of hydrogen-bond donors (Lipinski definition) is 1. The van der Waals surface area contributed by atoms with Crippen LogP contribution in [-0.2, 0) is 22.3 Å². The van der Waals surface area contributed by atoms with E-state index in [0.29, 0.717) is 24.4 Å². The minimum atomic E-state index is -2.04. The molecule has 0 fully saturated rings. The Labute approximate surface area is 160 Å². The van der Waals surface area contributed by atoms with Gasteiger partial charge >= 0.3 is 0 Å². The van der Waals surface area contributed by atoms with Gasteiger partial charge in [-0.05, 0) is 30.3 Å². The third kappa shape index (κ3) is 4.74. The van der Waals surface area contributed by atoms with Crippen LogP contribution in [0, 0.1) is 11.6 Å². The highest BCUT2D eigenvalue weighted by Crippen LogP contribution is 2.38. The minimum Gasteiger partial charge on any atom is -0.505 e. The lowest BCUT2D eigenvalue weighted by Crippen LogP contribution is -2.40. The second kappa shape index (κ2) is 8.08. The molecule has 1 N–H and O–H groups in total. The Morgan fingerprint density at radius 3 is 2.41 bits per heavy atom. The van der Waals surface area contributed by atoms with E-state index in [4.69, 9.17) is 9.16 Å². The Hall–Kier alpha value is -1.77. The van der Waals surface area contributed by atoms with E-state index < -0.39 is 25.7 Å². The van der Waals surface area contributed by atoms with Crippen molar-refractivity contribution in [2.24, 2.45) is 0 Å². The van der Waals surface area contributed by atoms with Gasteiger partial charge in [-0.15, -0.1) is 0 Å². The van der Waals surface area contributed by atoms with Crippen molar-refractivity contribution in [1.82, 2.24) is 9.78 Å². The highest BCUT2D eigenvalue weighted by atomic mass is 28.4. The third-order valence-electron chi connectivity index (χ3n) is 5.09. The van der Waals surface area contributed by atoms with E-state index in [9.17, 15) is 13.9 Å². The maximum Gasteiger partial charge on any atom is 0.200 e. The van der Waals surface area contributed by atoms with E-state index in [-0.39, 0.29) is 17.2 Å². The van der Waals surface area contributed by atoms with E-state index in [1.807, 2.05) is 0 Å². The number of hydrogen-bond acceptors (Lipinski definition) is 4. The van der Waals surface area contributed by atoms with Crippen molar-refractivity contribution in [3.63, 3.8) is 0 Å². The molecule has 27 heavy (non-hydrogen) atoms. The van der Waals surface area contributed by atoms with Gasteiger partial charge in [-0.1, -0.05) is 20.8 Å². The SMILES string of the molecule is COCCn1cc(-c2ccc(O)c(F)c2F)c(CO[Si](C)(C)C(C)(C)C)n1. The maximum absolute atomic E-state index is 14.4. The van der Waals surface area contributed by atoms with E-state index in [1.165, 1.54) is 6.07 Å². The van der Waals surface area contributed by atoms with E-state index >= 15 is 0 Å². The van der Waals surface area contributed by atoms with Gasteiger partial charge in [-0.2, -0.15) is 9.49 Å². The summed E-state index contributed by atoms with van der Waals surface area (Å²) in [7, 11) is -0.459. The highest BCUT2D eigenvalue weighted by Gasteiger charge is 2.37. The van der Waals surface area contributed by atoms with Gasteiger partial charge in [0.25, 0.3) is 0 Å². The molecule has 0 saturated carbocycles. The molecule has 1 aromatic heterocycles. The molecule has 0 radical (unpaired) electrons. The molecule has 0 spiro atoms. The zero-order valence-corrected chi connectivity index (χ0v) is 17.8. The highest BCUT2D eigenvalue weighted by molar-refractivity contribution is 6.74. The molecule has 2 rings (SSSR count). The Morgan fingerprint density at radius 1 is 1.15 bits per heavy atom. The van der Waals surface area contributed by atoms with Gasteiger partial charge in [0, 0.05) is 24.4 Å². The van der Waals surface area contributed by atoms with Crippen LogP contribution in [0.5, 0.6) is 5.75 Å². The summed E-state index contributed by atoms with van der Waals surface area (Å²) in [6, 6.07) is 2.49. The van der Waals surface area contributed by atoms with Gasteiger partial charge in [0.2, 0.25) is 5.82 Å². The van der Waals surface area contributed by atoms with Crippen LogP contribution in [0.2, 0.25) is 18.1 Å². The fraction of sp³-hybridized carbons (Fsp3) is 0.526. The van der Waals surface area contributed by atoms with Crippen LogP contribution in [0.1, 0.15) is 26.5 Å². The zero-order valence-electron chi connectivity index (χ0n) is 16.8.